The molecule has 1 aromatic heterocycles. The number of hydrogen-bond acceptors (Lipinski definition) is 3. The molecule has 3 rings (SSSR count). The predicted molar refractivity (Wildman–Crippen MR) is 90.8 cm³/mol. The number of carbonyl (C=O) groups is 1. The van der Waals surface area contributed by atoms with E-state index < -0.39 is 0 Å². The van der Waals surface area contributed by atoms with Crippen LogP contribution in [-0.4, -0.2) is 24.5 Å². The van der Waals surface area contributed by atoms with E-state index in [2.05, 4.69) is 10.3 Å². The van der Waals surface area contributed by atoms with Gasteiger partial charge in [0.25, 0.3) is 5.91 Å². The normalized spacial score (nSPS) is 10.5. The molecule has 1 amide bonds. The van der Waals surface area contributed by atoms with Crippen LogP contribution in [0.1, 0.15) is 15.9 Å². The summed E-state index contributed by atoms with van der Waals surface area (Å²) >= 11 is 0. The van der Waals surface area contributed by atoms with Gasteiger partial charge in [-0.2, -0.15) is 0 Å². The highest BCUT2D eigenvalue weighted by Crippen LogP contribution is 2.16. The summed E-state index contributed by atoms with van der Waals surface area (Å²) in [5, 5.41) is 3.84. The quantitative estimate of drug-likeness (QED) is 0.787. The molecular formula is C19H18N2O2. The maximum atomic E-state index is 12.4. The topological polar surface area (TPSA) is 51.2 Å². The van der Waals surface area contributed by atoms with Crippen LogP contribution < -0.4 is 10.1 Å². The van der Waals surface area contributed by atoms with Gasteiger partial charge in [-0.25, -0.2) is 0 Å². The van der Waals surface area contributed by atoms with E-state index in [4.69, 9.17) is 4.74 Å². The van der Waals surface area contributed by atoms with E-state index in [9.17, 15) is 4.79 Å². The highest BCUT2D eigenvalue weighted by Gasteiger charge is 2.09. The number of pyridine rings is 1. The molecule has 0 aliphatic rings. The molecule has 116 valence electrons. The second kappa shape index (κ2) is 6.92. The highest BCUT2D eigenvalue weighted by molar-refractivity contribution is 6.06. The van der Waals surface area contributed by atoms with Crippen LogP contribution in [-0.2, 0) is 6.42 Å². The summed E-state index contributed by atoms with van der Waals surface area (Å²) in [6, 6.07) is 17.2. The summed E-state index contributed by atoms with van der Waals surface area (Å²) in [7, 11) is 1.65. The van der Waals surface area contributed by atoms with Gasteiger partial charge in [-0.3, -0.25) is 9.78 Å². The number of benzene rings is 2. The Bertz CT molecular complexity index is 808. The summed E-state index contributed by atoms with van der Waals surface area (Å²) in [4.78, 5) is 16.7. The summed E-state index contributed by atoms with van der Waals surface area (Å²) < 4.78 is 5.13. The lowest BCUT2D eigenvalue weighted by Crippen LogP contribution is -2.25. The van der Waals surface area contributed by atoms with Gasteiger partial charge in [-0.15, -0.1) is 0 Å². The first kappa shape index (κ1) is 15.0. The number of nitrogens with zero attached hydrogens (tertiary/aromatic N) is 1. The average molecular weight is 306 g/mol. The van der Waals surface area contributed by atoms with Crippen molar-refractivity contribution in [1.29, 1.82) is 0 Å². The minimum absolute atomic E-state index is 0.0721. The summed E-state index contributed by atoms with van der Waals surface area (Å²) in [6.07, 6.45) is 2.51. The van der Waals surface area contributed by atoms with Gasteiger partial charge in [0.15, 0.2) is 0 Å². The molecule has 0 fully saturated rings. The zero-order chi connectivity index (χ0) is 16.1. The van der Waals surface area contributed by atoms with Gasteiger partial charge in [0.05, 0.1) is 12.6 Å². The molecule has 0 atom stereocenters. The lowest BCUT2D eigenvalue weighted by molar-refractivity contribution is 0.0956. The Kier molecular flexibility index (Phi) is 4.52. The molecule has 2 aromatic carbocycles. The Balaban J connectivity index is 1.64. The number of rotatable bonds is 5. The number of methoxy groups -OCH3 is 1. The second-order valence-electron chi connectivity index (χ2n) is 5.23. The molecule has 3 aromatic rings. The van der Waals surface area contributed by atoms with Gasteiger partial charge in [0, 0.05) is 23.7 Å². The van der Waals surface area contributed by atoms with Crippen molar-refractivity contribution >= 4 is 16.8 Å². The van der Waals surface area contributed by atoms with E-state index in [1.54, 1.807) is 13.3 Å². The third-order valence-electron chi connectivity index (χ3n) is 3.75. The standard InChI is InChI=1S/C19H18N2O2/c1-23-15-9-7-14(8-10-15)11-13-21-19(22)17-4-2-6-18-16(17)5-3-12-20-18/h2-10,12H,11,13H2,1H3,(H,21,22). The van der Waals surface area contributed by atoms with Crippen LogP contribution in [0.4, 0.5) is 0 Å². The summed E-state index contributed by atoms with van der Waals surface area (Å²) in [5.41, 5.74) is 2.64. The number of carbonyl (C=O) groups excluding carboxylic acids is 1. The number of nitrogens with one attached hydrogen (secondary N) is 1. The van der Waals surface area contributed by atoms with Crippen molar-refractivity contribution in [2.45, 2.75) is 6.42 Å². The Morgan fingerprint density at radius 3 is 2.70 bits per heavy atom. The SMILES string of the molecule is COc1ccc(CCNC(=O)c2cccc3ncccc23)cc1. The van der Waals surface area contributed by atoms with Crippen LogP contribution in [0.15, 0.2) is 60.8 Å². The van der Waals surface area contributed by atoms with E-state index in [-0.39, 0.29) is 5.91 Å². The van der Waals surface area contributed by atoms with Crippen molar-refractivity contribution in [2.24, 2.45) is 0 Å². The van der Waals surface area contributed by atoms with Crippen molar-refractivity contribution in [3.05, 3.63) is 71.9 Å². The van der Waals surface area contributed by atoms with Gasteiger partial charge in [0.1, 0.15) is 5.75 Å². The molecule has 0 bridgehead atoms. The van der Waals surface area contributed by atoms with Crippen molar-refractivity contribution < 1.29 is 9.53 Å². The number of amides is 1. The zero-order valence-corrected chi connectivity index (χ0v) is 13.0. The molecule has 4 heteroatoms. The average Bonchev–Trinajstić information content (AvgIpc) is 2.61. The number of aromatic nitrogens is 1. The minimum Gasteiger partial charge on any atom is -0.497 e. The molecule has 23 heavy (non-hydrogen) atoms. The van der Waals surface area contributed by atoms with E-state index in [1.165, 1.54) is 0 Å². The first-order valence-electron chi connectivity index (χ1n) is 7.53. The van der Waals surface area contributed by atoms with Crippen molar-refractivity contribution in [3.8, 4) is 5.75 Å². The number of hydrogen-bond donors (Lipinski definition) is 1. The largest absolute Gasteiger partial charge is 0.497 e. The van der Waals surface area contributed by atoms with E-state index in [1.807, 2.05) is 54.6 Å². The highest BCUT2D eigenvalue weighted by atomic mass is 16.5. The molecule has 0 spiro atoms. The molecule has 1 N–H and O–H groups in total. The lowest BCUT2D eigenvalue weighted by atomic mass is 10.1. The van der Waals surface area contributed by atoms with Crippen LogP contribution in [0.25, 0.3) is 10.9 Å². The van der Waals surface area contributed by atoms with E-state index >= 15 is 0 Å². The number of fused-ring (bicyclic) bond motifs is 1. The minimum atomic E-state index is -0.0721. The Morgan fingerprint density at radius 1 is 1.09 bits per heavy atom. The molecule has 1 heterocycles. The Morgan fingerprint density at radius 2 is 1.91 bits per heavy atom. The molecular weight excluding hydrogens is 288 g/mol. The number of ether oxygens (including phenoxy) is 1. The molecule has 4 nitrogen and oxygen atoms in total. The zero-order valence-electron chi connectivity index (χ0n) is 13.0. The third kappa shape index (κ3) is 3.48. The molecule has 0 saturated heterocycles. The van der Waals surface area contributed by atoms with Crippen LogP contribution >= 0.6 is 0 Å². The van der Waals surface area contributed by atoms with Crippen LogP contribution in [0, 0.1) is 0 Å². The van der Waals surface area contributed by atoms with Gasteiger partial charge in [-0.1, -0.05) is 24.3 Å². The Hall–Kier alpha value is -2.88. The molecule has 0 unspecified atom stereocenters. The smallest absolute Gasteiger partial charge is 0.251 e. The van der Waals surface area contributed by atoms with Crippen molar-refractivity contribution in [2.75, 3.05) is 13.7 Å². The van der Waals surface area contributed by atoms with Gasteiger partial charge >= 0.3 is 0 Å². The van der Waals surface area contributed by atoms with Gasteiger partial charge in [-0.05, 0) is 42.3 Å². The first-order valence-corrected chi connectivity index (χ1v) is 7.53. The van der Waals surface area contributed by atoms with Crippen LogP contribution in [0.5, 0.6) is 5.75 Å². The van der Waals surface area contributed by atoms with Gasteiger partial charge in [0.2, 0.25) is 0 Å². The fourth-order valence-corrected chi connectivity index (χ4v) is 2.51. The fraction of sp³-hybridized carbons (Fsp3) is 0.158. The second-order valence-corrected chi connectivity index (χ2v) is 5.23. The van der Waals surface area contributed by atoms with E-state index in [0.29, 0.717) is 12.1 Å². The van der Waals surface area contributed by atoms with Crippen molar-refractivity contribution in [3.63, 3.8) is 0 Å². The van der Waals surface area contributed by atoms with Crippen molar-refractivity contribution in [1.82, 2.24) is 10.3 Å². The van der Waals surface area contributed by atoms with Crippen LogP contribution in [0.2, 0.25) is 0 Å². The predicted octanol–water partition coefficient (Wildman–Crippen LogP) is 3.22. The fourth-order valence-electron chi connectivity index (χ4n) is 2.51. The molecule has 0 saturated carbocycles. The first-order chi connectivity index (χ1) is 11.3. The maximum absolute atomic E-state index is 12.4. The third-order valence-corrected chi connectivity index (χ3v) is 3.75. The summed E-state index contributed by atoms with van der Waals surface area (Å²) in [5.74, 6) is 0.762. The Labute approximate surface area is 135 Å². The molecule has 0 aliphatic carbocycles. The molecule has 0 radical (unpaired) electrons. The molecule has 0 aliphatic heterocycles. The monoisotopic (exact) mass is 306 g/mol. The summed E-state index contributed by atoms with van der Waals surface area (Å²) in [6.45, 7) is 0.585. The van der Waals surface area contributed by atoms with Gasteiger partial charge < -0.3 is 10.1 Å². The lowest BCUT2D eigenvalue weighted by Gasteiger charge is -2.08. The van der Waals surface area contributed by atoms with Crippen LogP contribution in [0.3, 0.4) is 0 Å². The van der Waals surface area contributed by atoms with E-state index in [0.717, 1.165) is 28.6 Å². The maximum Gasteiger partial charge on any atom is 0.251 e.